The fourth-order valence-corrected chi connectivity index (χ4v) is 2.62. The van der Waals surface area contributed by atoms with Gasteiger partial charge in [0.1, 0.15) is 5.17 Å². The lowest BCUT2D eigenvalue weighted by atomic mass is 10.1. The highest BCUT2D eigenvalue weighted by Gasteiger charge is 2.48. The van der Waals surface area contributed by atoms with Crippen LogP contribution in [0.4, 0.5) is 0 Å². The molecule has 2 aliphatic heterocycles. The van der Waals surface area contributed by atoms with Crippen LogP contribution in [0.3, 0.4) is 0 Å². The van der Waals surface area contributed by atoms with E-state index in [2.05, 4.69) is 5.16 Å². The van der Waals surface area contributed by atoms with Crippen molar-refractivity contribution in [3.05, 3.63) is 35.4 Å². The first-order chi connectivity index (χ1) is 10.0. The number of oxime groups is 1. The van der Waals surface area contributed by atoms with E-state index in [9.17, 15) is 19.5 Å². The third-order valence-electron chi connectivity index (χ3n) is 3.37. The van der Waals surface area contributed by atoms with Crippen LogP contribution in [-0.4, -0.2) is 45.1 Å². The number of nitrogens with zero attached hydrogens (tertiary/aromatic N) is 2. The van der Waals surface area contributed by atoms with Crippen molar-refractivity contribution in [2.24, 2.45) is 5.16 Å². The lowest BCUT2D eigenvalue weighted by Gasteiger charge is -2.25. The molecule has 2 heterocycles. The number of hydrogen-bond acceptors (Lipinski definition) is 5. The van der Waals surface area contributed by atoms with Crippen LogP contribution in [0.25, 0.3) is 0 Å². The van der Waals surface area contributed by atoms with Gasteiger partial charge in [-0.3, -0.25) is 14.5 Å². The van der Waals surface area contributed by atoms with E-state index in [1.54, 1.807) is 12.1 Å². The van der Waals surface area contributed by atoms with Gasteiger partial charge in [-0.15, -0.1) is 0 Å². The molecule has 1 aromatic rings. The molecule has 21 heavy (non-hydrogen) atoms. The van der Waals surface area contributed by atoms with Gasteiger partial charge in [0.05, 0.1) is 11.1 Å². The molecule has 0 fully saturated rings. The Morgan fingerprint density at radius 1 is 1.33 bits per heavy atom. The zero-order valence-corrected chi connectivity index (χ0v) is 11.3. The summed E-state index contributed by atoms with van der Waals surface area (Å²) in [6, 6.07) is 4.70. The Bertz CT molecular complexity index is 652. The molecule has 0 aromatic heterocycles. The van der Waals surface area contributed by atoms with Crippen LogP contribution in [0.15, 0.2) is 29.4 Å². The molecule has 0 saturated heterocycles. The summed E-state index contributed by atoms with van der Waals surface area (Å²) in [7, 11) is 0. The first-order valence-electron chi connectivity index (χ1n) is 6.08. The molecular formula is C13H9ClN2O5. The van der Waals surface area contributed by atoms with Gasteiger partial charge in [0.25, 0.3) is 11.8 Å². The minimum absolute atomic E-state index is 0.0337. The normalized spacial score (nSPS) is 21.9. The Morgan fingerprint density at radius 2 is 1.90 bits per heavy atom. The minimum atomic E-state index is -1.47. The third kappa shape index (κ3) is 2.06. The van der Waals surface area contributed by atoms with Crippen molar-refractivity contribution < 1.29 is 24.3 Å². The van der Waals surface area contributed by atoms with E-state index < -0.39 is 29.9 Å². The van der Waals surface area contributed by atoms with Crippen LogP contribution in [0, 0.1) is 0 Å². The monoisotopic (exact) mass is 308 g/mol. The average molecular weight is 309 g/mol. The summed E-state index contributed by atoms with van der Waals surface area (Å²) in [4.78, 5) is 41.7. The van der Waals surface area contributed by atoms with Gasteiger partial charge < -0.3 is 9.94 Å². The molecular weight excluding hydrogens is 300 g/mol. The number of aliphatic carboxylic acids is 1. The molecule has 0 saturated carbocycles. The molecule has 8 heteroatoms. The van der Waals surface area contributed by atoms with E-state index in [0.717, 1.165) is 0 Å². The molecule has 0 spiro atoms. The molecule has 2 unspecified atom stereocenters. The summed E-state index contributed by atoms with van der Waals surface area (Å²) in [5.41, 5.74) is 0.359. The van der Waals surface area contributed by atoms with E-state index in [4.69, 9.17) is 16.4 Å². The smallest absolute Gasteiger partial charge is 0.330 e. The maximum absolute atomic E-state index is 12.3. The molecule has 2 aliphatic rings. The van der Waals surface area contributed by atoms with Crippen LogP contribution in [0.2, 0.25) is 0 Å². The highest BCUT2D eigenvalue weighted by Crippen LogP contribution is 2.29. The zero-order chi connectivity index (χ0) is 15.1. The lowest BCUT2D eigenvalue weighted by molar-refractivity contribution is -0.146. The Kier molecular flexibility index (Phi) is 3.13. The number of carboxylic acid groups (broad SMARTS) is 1. The van der Waals surface area contributed by atoms with Gasteiger partial charge in [-0.25, -0.2) is 4.79 Å². The van der Waals surface area contributed by atoms with Gasteiger partial charge in [-0.05, 0) is 12.1 Å². The van der Waals surface area contributed by atoms with Gasteiger partial charge in [0.2, 0.25) is 0 Å². The van der Waals surface area contributed by atoms with Gasteiger partial charge in [-0.1, -0.05) is 28.9 Å². The fraction of sp³-hybridized carbons (Fsp3) is 0.231. The van der Waals surface area contributed by atoms with Crippen LogP contribution in [0.1, 0.15) is 27.1 Å². The molecule has 1 aromatic carbocycles. The molecule has 0 radical (unpaired) electrons. The maximum atomic E-state index is 12.3. The Balaban J connectivity index is 1.97. The van der Waals surface area contributed by atoms with Gasteiger partial charge in [0, 0.05) is 6.42 Å². The van der Waals surface area contributed by atoms with Crippen molar-refractivity contribution in [3.63, 3.8) is 0 Å². The number of imide groups is 1. The minimum Gasteiger partial charge on any atom is -0.480 e. The number of benzene rings is 1. The number of rotatable bonds is 3. The van der Waals surface area contributed by atoms with E-state index in [-0.39, 0.29) is 22.7 Å². The van der Waals surface area contributed by atoms with Crippen LogP contribution in [-0.2, 0) is 9.63 Å². The lowest BCUT2D eigenvalue weighted by Crippen LogP contribution is -2.51. The summed E-state index contributed by atoms with van der Waals surface area (Å²) in [5.74, 6) is -2.67. The predicted octanol–water partition coefficient (Wildman–Crippen LogP) is 1.08. The van der Waals surface area contributed by atoms with Crippen molar-refractivity contribution >= 4 is 34.6 Å². The maximum Gasteiger partial charge on any atom is 0.330 e. The van der Waals surface area contributed by atoms with E-state index in [1.165, 1.54) is 12.1 Å². The van der Waals surface area contributed by atoms with Crippen LogP contribution < -0.4 is 0 Å². The number of fused-ring (bicyclic) bond motifs is 1. The predicted molar refractivity (Wildman–Crippen MR) is 71.1 cm³/mol. The number of halogens is 1. The Morgan fingerprint density at radius 3 is 2.33 bits per heavy atom. The number of hydrogen-bond donors (Lipinski definition) is 1. The third-order valence-corrected chi connectivity index (χ3v) is 3.59. The number of carbonyl (C=O) groups excluding carboxylic acids is 2. The zero-order valence-electron chi connectivity index (χ0n) is 10.5. The number of carbonyl (C=O) groups is 3. The van der Waals surface area contributed by atoms with Crippen molar-refractivity contribution in [1.29, 1.82) is 0 Å². The van der Waals surface area contributed by atoms with Crippen molar-refractivity contribution in [1.82, 2.24) is 4.90 Å². The van der Waals surface area contributed by atoms with E-state index >= 15 is 0 Å². The van der Waals surface area contributed by atoms with Crippen molar-refractivity contribution in [2.75, 3.05) is 0 Å². The second kappa shape index (κ2) is 4.85. The highest BCUT2D eigenvalue weighted by atomic mass is 35.5. The van der Waals surface area contributed by atoms with Crippen molar-refractivity contribution in [3.8, 4) is 0 Å². The number of amides is 2. The summed E-state index contributed by atoms with van der Waals surface area (Å²) < 4.78 is 0. The summed E-state index contributed by atoms with van der Waals surface area (Å²) in [6.07, 6.45) is -0.955. The van der Waals surface area contributed by atoms with Crippen LogP contribution >= 0.6 is 11.6 Å². The van der Waals surface area contributed by atoms with Gasteiger partial charge in [-0.2, -0.15) is 0 Å². The summed E-state index contributed by atoms with van der Waals surface area (Å²) >= 11 is 5.67. The number of carboxylic acids is 1. The first kappa shape index (κ1) is 13.6. The summed E-state index contributed by atoms with van der Waals surface area (Å²) in [5, 5.41) is 12.9. The molecule has 1 N–H and O–H groups in total. The topological polar surface area (TPSA) is 96.3 Å². The van der Waals surface area contributed by atoms with Crippen LogP contribution in [0.5, 0.6) is 0 Å². The highest BCUT2D eigenvalue weighted by molar-refractivity contribution is 6.65. The molecule has 0 bridgehead atoms. The fourth-order valence-electron chi connectivity index (χ4n) is 2.43. The largest absolute Gasteiger partial charge is 0.480 e. The standard InChI is InChI=1S/C13H9ClN2O5/c14-9-5-8(21-15-9)10(13(19)20)16-11(17)6-3-1-2-4-7(6)12(16)18/h1-4,8,10H,5H2,(H,19,20). The first-order valence-corrected chi connectivity index (χ1v) is 6.46. The SMILES string of the molecule is O=C(O)C(C1CC(Cl)=NO1)N1C(=O)c2ccccc2C1=O. The summed E-state index contributed by atoms with van der Waals surface area (Å²) in [6.45, 7) is 0. The van der Waals surface area contributed by atoms with Gasteiger partial charge >= 0.3 is 5.97 Å². The second-order valence-electron chi connectivity index (χ2n) is 4.62. The molecule has 108 valence electrons. The molecule has 2 amide bonds. The molecule has 7 nitrogen and oxygen atoms in total. The Labute approximate surface area is 123 Å². The van der Waals surface area contributed by atoms with Crippen molar-refractivity contribution in [2.45, 2.75) is 18.6 Å². The Hall–Kier alpha value is -2.41. The van der Waals surface area contributed by atoms with E-state index in [0.29, 0.717) is 4.90 Å². The molecule has 3 rings (SSSR count). The quantitative estimate of drug-likeness (QED) is 0.843. The van der Waals surface area contributed by atoms with Gasteiger partial charge in [0.15, 0.2) is 12.1 Å². The average Bonchev–Trinajstić information content (AvgIpc) is 2.97. The second-order valence-corrected chi connectivity index (χ2v) is 5.06. The molecule has 0 aliphatic carbocycles. The molecule has 2 atom stereocenters. The van der Waals surface area contributed by atoms with E-state index in [1.807, 2.05) is 0 Å².